The zero-order valence-electron chi connectivity index (χ0n) is 14.3. The number of hydrogen-bond donors (Lipinski definition) is 2. The summed E-state index contributed by atoms with van der Waals surface area (Å²) in [6, 6.07) is 2.60. The van der Waals surface area contributed by atoms with E-state index in [-0.39, 0.29) is 29.2 Å². The van der Waals surface area contributed by atoms with Gasteiger partial charge in [0.05, 0.1) is 12.2 Å². The largest absolute Gasteiger partial charge is 0.508 e. The van der Waals surface area contributed by atoms with Gasteiger partial charge in [-0.15, -0.1) is 0 Å². The number of epoxide rings is 1. The van der Waals surface area contributed by atoms with Crippen LogP contribution in [0, 0.1) is 0 Å². The first kappa shape index (κ1) is 17.2. The summed E-state index contributed by atoms with van der Waals surface area (Å²) in [5, 5.41) is 20.3. The third-order valence-corrected chi connectivity index (χ3v) is 4.39. The van der Waals surface area contributed by atoms with E-state index >= 15 is 0 Å². The maximum absolute atomic E-state index is 12.6. The van der Waals surface area contributed by atoms with Gasteiger partial charge in [-0.1, -0.05) is 11.6 Å². The number of ether oxygens (including phenoxy) is 2. The lowest BCUT2D eigenvalue weighted by Gasteiger charge is -2.29. The molecule has 2 aliphatic rings. The highest BCUT2D eigenvalue weighted by Gasteiger charge is 2.58. The number of phenols is 2. The Bertz CT molecular complexity index is 809. The van der Waals surface area contributed by atoms with Crippen molar-refractivity contribution in [1.29, 1.82) is 0 Å². The topological polar surface area (TPSA) is 96.4 Å². The highest BCUT2D eigenvalue weighted by atomic mass is 16.6. The van der Waals surface area contributed by atoms with E-state index in [2.05, 4.69) is 0 Å². The van der Waals surface area contributed by atoms with Gasteiger partial charge < -0.3 is 19.7 Å². The standard InChI is InChI=1S/C19H20O6/c1-10(2)4-7-16(25-11(3)20)12-8-15(23)17-13(21)5-6-14(22)18(17)19(12)9-24-19/h4-6,8,16,21-22H,7,9H2,1-3H3. The molecule has 1 heterocycles. The van der Waals surface area contributed by atoms with E-state index in [1.54, 1.807) is 0 Å². The molecule has 0 aromatic heterocycles. The molecule has 0 bridgehead atoms. The Hall–Kier alpha value is -2.60. The van der Waals surface area contributed by atoms with Gasteiger partial charge in [-0.2, -0.15) is 0 Å². The van der Waals surface area contributed by atoms with E-state index in [1.165, 1.54) is 25.1 Å². The van der Waals surface area contributed by atoms with Crippen molar-refractivity contribution in [3.8, 4) is 11.5 Å². The molecule has 2 N–H and O–H groups in total. The second-order valence-corrected chi connectivity index (χ2v) is 6.55. The Morgan fingerprint density at radius 1 is 1.32 bits per heavy atom. The molecular formula is C19H20O6. The number of esters is 1. The quantitative estimate of drug-likeness (QED) is 0.377. The summed E-state index contributed by atoms with van der Waals surface area (Å²) in [6.07, 6.45) is 2.96. The molecule has 0 saturated carbocycles. The number of aromatic hydroxyl groups is 2. The zero-order chi connectivity index (χ0) is 18.4. The second kappa shape index (κ2) is 6.04. The molecule has 2 unspecified atom stereocenters. The minimum absolute atomic E-state index is 0.0324. The smallest absolute Gasteiger partial charge is 0.303 e. The molecule has 2 atom stereocenters. The van der Waals surface area contributed by atoms with Crippen molar-refractivity contribution in [3.63, 3.8) is 0 Å². The van der Waals surface area contributed by atoms with E-state index < -0.39 is 23.5 Å². The summed E-state index contributed by atoms with van der Waals surface area (Å²) < 4.78 is 11.0. The van der Waals surface area contributed by atoms with E-state index in [0.29, 0.717) is 12.0 Å². The van der Waals surface area contributed by atoms with Gasteiger partial charge in [0.2, 0.25) is 0 Å². The van der Waals surface area contributed by atoms with Crippen LogP contribution >= 0.6 is 0 Å². The van der Waals surface area contributed by atoms with Gasteiger partial charge >= 0.3 is 5.97 Å². The van der Waals surface area contributed by atoms with Gasteiger partial charge in [-0.3, -0.25) is 9.59 Å². The van der Waals surface area contributed by atoms with Crippen molar-refractivity contribution >= 4 is 11.8 Å². The van der Waals surface area contributed by atoms with Crippen LogP contribution in [-0.4, -0.2) is 34.7 Å². The van der Waals surface area contributed by atoms with Crippen LogP contribution in [0.3, 0.4) is 0 Å². The molecular weight excluding hydrogens is 324 g/mol. The third-order valence-electron chi connectivity index (χ3n) is 4.39. The number of hydrogen-bond acceptors (Lipinski definition) is 6. The van der Waals surface area contributed by atoms with Gasteiger partial charge in [-0.25, -0.2) is 0 Å². The van der Waals surface area contributed by atoms with Crippen LogP contribution in [0.2, 0.25) is 0 Å². The van der Waals surface area contributed by atoms with Crippen LogP contribution in [0.5, 0.6) is 11.5 Å². The summed E-state index contributed by atoms with van der Waals surface area (Å²) >= 11 is 0. The van der Waals surface area contributed by atoms with Crippen molar-refractivity contribution in [1.82, 2.24) is 0 Å². The number of allylic oxidation sites excluding steroid dienone is 2. The Morgan fingerprint density at radius 3 is 2.52 bits per heavy atom. The lowest BCUT2D eigenvalue weighted by Crippen LogP contribution is -2.32. The number of carbonyl (C=O) groups excluding carboxylic acids is 2. The van der Waals surface area contributed by atoms with E-state index in [9.17, 15) is 19.8 Å². The molecule has 0 radical (unpaired) electrons. The first-order chi connectivity index (χ1) is 11.8. The Morgan fingerprint density at radius 2 is 1.96 bits per heavy atom. The molecule has 3 rings (SSSR count). The monoisotopic (exact) mass is 344 g/mol. The van der Waals surface area contributed by atoms with E-state index in [0.717, 1.165) is 5.57 Å². The van der Waals surface area contributed by atoms with Gasteiger partial charge in [0, 0.05) is 24.5 Å². The van der Waals surface area contributed by atoms with Crippen molar-refractivity contribution < 1.29 is 29.3 Å². The average molecular weight is 344 g/mol. The van der Waals surface area contributed by atoms with Crippen molar-refractivity contribution in [3.05, 3.63) is 46.6 Å². The molecule has 1 saturated heterocycles. The SMILES string of the molecule is CC(=O)OC(CC=C(C)C)C1=CC(=O)c2c(O)ccc(O)c2C12CO2. The number of fused-ring (bicyclic) bond motifs is 2. The van der Waals surface area contributed by atoms with Crippen molar-refractivity contribution in [2.45, 2.75) is 38.9 Å². The third kappa shape index (κ3) is 2.93. The number of rotatable bonds is 4. The molecule has 6 nitrogen and oxygen atoms in total. The fraction of sp³-hybridized carbons (Fsp3) is 0.368. The molecule has 1 aromatic rings. The first-order valence-corrected chi connectivity index (χ1v) is 8.02. The van der Waals surface area contributed by atoms with E-state index in [1.807, 2.05) is 19.9 Å². The second-order valence-electron chi connectivity index (χ2n) is 6.55. The van der Waals surface area contributed by atoms with Crippen LogP contribution in [0.4, 0.5) is 0 Å². The maximum Gasteiger partial charge on any atom is 0.303 e. The number of carbonyl (C=O) groups is 2. The summed E-state index contributed by atoms with van der Waals surface area (Å²) in [4.78, 5) is 24.1. The molecule has 1 aliphatic heterocycles. The molecule has 25 heavy (non-hydrogen) atoms. The van der Waals surface area contributed by atoms with E-state index in [4.69, 9.17) is 9.47 Å². The van der Waals surface area contributed by atoms with Crippen LogP contribution in [0.1, 0.15) is 43.1 Å². The fourth-order valence-electron chi connectivity index (χ4n) is 3.23. The van der Waals surface area contributed by atoms with Gasteiger partial charge in [-0.05, 0) is 32.1 Å². The molecule has 0 amide bonds. The first-order valence-electron chi connectivity index (χ1n) is 8.02. The highest BCUT2D eigenvalue weighted by Crippen LogP contribution is 2.55. The molecule has 6 heteroatoms. The van der Waals surface area contributed by atoms with Crippen LogP contribution < -0.4 is 0 Å². The molecule has 1 aliphatic carbocycles. The Kier molecular flexibility index (Phi) is 4.16. The lowest BCUT2D eigenvalue weighted by atomic mass is 9.77. The fourth-order valence-corrected chi connectivity index (χ4v) is 3.23. The van der Waals surface area contributed by atoms with Crippen LogP contribution in [-0.2, 0) is 19.9 Å². The summed E-state index contributed by atoms with van der Waals surface area (Å²) in [5.41, 5.74) is 0.765. The van der Waals surface area contributed by atoms with Crippen LogP contribution in [0.15, 0.2) is 35.4 Å². The van der Waals surface area contributed by atoms with Crippen LogP contribution in [0.25, 0.3) is 0 Å². The lowest BCUT2D eigenvalue weighted by molar-refractivity contribution is -0.144. The molecule has 1 spiro atoms. The summed E-state index contributed by atoms with van der Waals surface area (Å²) in [6.45, 7) is 5.39. The predicted molar refractivity (Wildman–Crippen MR) is 89.4 cm³/mol. The van der Waals surface area contributed by atoms with Gasteiger partial charge in [0.15, 0.2) is 5.78 Å². The highest BCUT2D eigenvalue weighted by molar-refractivity contribution is 6.10. The van der Waals surface area contributed by atoms with Crippen molar-refractivity contribution in [2.24, 2.45) is 0 Å². The number of ketones is 1. The number of benzene rings is 1. The average Bonchev–Trinajstić information content (AvgIpc) is 3.30. The summed E-state index contributed by atoms with van der Waals surface area (Å²) in [7, 11) is 0. The molecule has 1 fully saturated rings. The summed E-state index contributed by atoms with van der Waals surface area (Å²) in [5.74, 6) is -1.26. The number of phenolic OH excluding ortho intramolecular Hbond substituents is 2. The Balaban J connectivity index is 2.10. The molecule has 132 valence electrons. The molecule has 1 aromatic carbocycles. The maximum atomic E-state index is 12.6. The van der Waals surface area contributed by atoms with Gasteiger partial charge in [0.25, 0.3) is 0 Å². The minimum atomic E-state index is -1.04. The Labute approximate surface area is 145 Å². The van der Waals surface area contributed by atoms with Gasteiger partial charge in [0.1, 0.15) is 23.2 Å². The van der Waals surface area contributed by atoms with Crippen molar-refractivity contribution in [2.75, 3.05) is 6.61 Å². The minimum Gasteiger partial charge on any atom is -0.508 e. The normalized spacial score (nSPS) is 22.0. The zero-order valence-corrected chi connectivity index (χ0v) is 14.3. The predicted octanol–water partition coefficient (Wildman–Crippen LogP) is 2.73.